The molecule has 9 nitrogen and oxygen atoms in total. The fraction of sp³-hybridized carbons (Fsp3) is 0.208. The summed E-state index contributed by atoms with van der Waals surface area (Å²) in [5.41, 5.74) is -0.0524. The lowest BCUT2D eigenvalue weighted by molar-refractivity contribution is -0.0901. The third-order valence-corrected chi connectivity index (χ3v) is 5.22. The molecule has 1 aliphatic heterocycles. The van der Waals surface area contributed by atoms with Crippen LogP contribution in [0.15, 0.2) is 72.7 Å². The maximum atomic E-state index is 13.5. The van der Waals surface area contributed by atoms with Crippen molar-refractivity contribution in [2.24, 2.45) is 0 Å². The minimum atomic E-state index is -4.77. The van der Waals surface area contributed by atoms with Crippen LogP contribution >= 0.6 is 0 Å². The van der Waals surface area contributed by atoms with Crippen molar-refractivity contribution in [2.45, 2.75) is 6.18 Å². The zero-order valence-corrected chi connectivity index (χ0v) is 18.9. The molecular formula is C24H22F3N7O2. The second-order valence-corrected chi connectivity index (χ2v) is 7.74. The maximum Gasteiger partial charge on any atom is 0.431 e. The van der Waals surface area contributed by atoms with E-state index in [1.54, 1.807) is 18.2 Å². The van der Waals surface area contributed by atoms with E-state index >= 15 is 0 Å². The number of allylic oxidation sites excluding steroid dienone is 2. The molecule has 0 spiro atoms. The van der Waals surface area contributed by atoms with Crippen LogP contribution in [0.25, 0.3) is 0 Å². The standard InChI is InChI=1S/C24H22F3N7O2/c25-24(26,27)20(14-19(28)17-4-2-8-29-15-17)30-21-6-7-22(33-32-21)31-23(35)16-3-1-5-18(13-16)34-9-11-36-12-10-34/h1-8,13-15,28H,9-12H2,(H,30,32)(H,31,33,35)/b20-14-,28-19?. The molecule has 0 atom stereocenters. The van der Waals surface area contributed by atoms with Gasteiger partial charge in [-0.1, -0.05) is 6.07 Å². The van der Waals surface area contributed by atoms with Crippen LogP contribution in [-0.2, 0) is 4.74 Å². The number of carbonyl (C=O) groups excluding carboxylic acids is 1. The summed E-state index contributed by atoms with van der Waals surface area (Å²) in [6.07, 6.45) is -1.37. The number of alkyl halides is 3. The number of nitrogens with zero attached hydrogens (tertiary/aromatic N) is 4. The van der Waals surface area contributed by atoms with E-state index in [2.05, 4.69) is 30.7 Å². The van der Waals surface area contributed by atoms with E-state index in [9.17, 15) is 18.0 Å². The molecule has 36 heavy (non-hydrogen) atoms. The molecule has 0 bridgehead atoms. The Bertz CT molecular complexity index is 1240. The summed E-state index contributed by atoms with van der Waals surface area (Å²) in [5, 5.41) is 20.2. The van der Waals surface area contributed by atoms with E-state index in [0.717, 1.165) is 18.8 Å². The van der Waals surface area contributed by atoms with Crippen molar-refractivity contribution in [2.75, 3.05) is 41.8 Å². The summed E-state index contributed by atoms with van der Waals surface area (Å²) >= 11 is 0. The van der Waals surface area contributed by atoms with Gasteiger partial charge in [0.1, 0.15) is 5.70 Å². The average Bonchev–Trinajstić information content (AvgIpc) is 2.90. The highest BCUT2D eigenvalue weighted by Crippen LogP contribution is 2.27. The van der Waals surface area contributed by atoms with Crippen LogP contribution in [0.5, 0.6) is 0 Å². The Labute approximate surface area is 204 Å². The first-order valence-corrected chi connectivity index (χ1v) is 10.9. The number of pyridine rings is 1. The van der Waals surface area contributed by atoms with E-state index in [1.807, 2.05) is 6.07 Å². The molecule has 1 aliphatic rings. The van der Waals surface area contributed by atoms with Gasteiger partial charge in [-0.3, -0.25) is 9.78 Å². The summed E-state index contributed by atoms with van der Waals surface area (Å²) in [7, 11) is 0. The number of morpholine rings is 1. The van der Waals surface area contributed by atoms with Gasteiger partial charge in [0.05, 0.1) is 18.9 Å². The Morgan fingerprint density at radius 3 is 2.33 bits per heavy atom. The van der Waals surface area contributed by atoms with Gasteiger partial charge in [-0.05, 0) is 48.5 Å². The van der Waals surface area contributed by atoms with Crippen molar-refractivity contribution in [3.8, 4) is 0 Å². The van der Waals surface area contributed by atoms with Gasteiger partial charge >= 0.3 is 6.18 Å². The highest BCUT2D eigenvalue weighted by atomic mass is 19.4. The van der Waals surface area contributed by atoms with Crippen LogP contribution in [0.1, 0.15) is 15.9 Å². The van der Waals surface area contributed by atoms with Gasteiger partial charge in [-0.25, -0.2) is 0 Å². The first-order valence-electron chi connectivity index (χ1n) is 10.9. The van der Waals surface area contributed by atoms with E-state index in [0.29, 0.717) is 24.9 Å². The fourth-order valence-corrected chi connectivity index (χ4v) is 3.40. The third kappa shape index (κ3) is 6.42. The topological polar surface area (TPSA) is 116 Å². The van der Waals surface area contributed by atoms with E-state index < -0.39 is 17.8 Å². The zero-order valence-electron chi connectivity index (χ0n) is 18.9. The van der Waals surface area contributed by atoms with E-state index in [-0.39, 0.29) is 22.9 Å². The predicted molar refractivity (Wildman–Crippen MR) is 128 cm³/mol. The van der Waals surface area contributed by atoms with Crippen LogP contribution in [0.4, 0.5) is 30.5 Å². The lowest BCUT2D eigenvalue weighted by Crippen LogP contribution is -2.36. The SMILES string of the molecule is N=C(/C=C(\Nc1ccc(NC(=O)c2cccc(N3CCOCC3)c2)nn1)C(F)(F)F)c1cccnc1. The molecule has 3 N–H and O–H groups in total. The number of halogens is 3. The number of carbonyl (C=O) groups is 1. The zero-order chi connectivity index (χ0) is 25.5. The number of anilines is 3. The minimum absolute atomic E-state index is 0.0722. The first kappa shape index (κ1) is 24.8. The molecule has 1 fully saturated rings. The van der Waals surface area contributed by atoms with Crippen molar-refractivity contribution in [3.63, 3.8) is 0 Å². The van der Waals surface area contributed by atoms with Gasteiger partial charge in [0.25, 0.3) is 5.91 Å². The molecule has 186 valence electrons. The highest BCUT2D eigenvalue weighted by molar-refractivity contribution is 6.07. The molecular weight excluding hydrogens is 475 g/mol. The lowest BCUT2D eigenvalue weighted by Gasteiger charge is -2.29. The summed E-state index contributed by atoms with van der Waals surface area (Å²) in [6, 6.07) is 12.7. The molecule has 3 heterocycles. The highest BCUT2D eigenvalue weighted by Gasteiger charge is 2.34. The maximum absolute atomic E-state index is 13.5. The number of hydrogen-bond acceptors (Lipinski definition) is 8. The van der Waals surface area contributed by atoms with Crippen molar-refractivity contribution in [3.05, 3.63) is 83.8 Å². The molecule has 12 heteroatoms. The molecule has 0 unspecified atom stereocenters. The van der Waals surface area contributed by atoms with Crippen molar-refractivity contribution >= 4 is 28.9 Å². The number of ether oxygens (including phenoxy) is 1. The molecule has 0 radical (unpaired) electrons. The van der Waals surface area contributed by atoms with Gasteiger partial charge in [-0.15, -0.1) is 10.2 Å². The van der Waals surface area contributed by atoms with Crippen LogP contribution in [0.2, 0.25) is 0 Å². The number of aromatic nitrogens is 3. The van der Waals surface area contributed by atoms with Gasteiger partial charge in [0, 0.05) is 42.3 Å². The van der Waals surface area contributed by atoms with Crippen molar-refractivity contribution < 1.29 is 22.7 Å². The largest absolute Gasteiger partial charge is 0.431 e. The Morgan fingerprint density at radius 2 is 1.69 bits per heavy atom. The molecule has 1 amide bonds. The number of rotatable bonds is 7. The molecule has 0 aliphatic carbocycles. The second-order valence-electron chi connectivity index (χ2n) is 7.74. The number of hydrogen-bond donors (Lipinski definition) is 3. The van der Waals surface area contributed by atoms with Gasteiger partial charge in [0.15, 0.2) is 11.6 Å². The van der Waals surface area contributed by atoms with Crippen LogP contribution in [-0.4, -0.2) is 59.3 Å². The number of nitrogens with one attached hydrogen (secondary N) is 3. The summed E-state index contributed by atoms with van der Waals surface area (Å²) in [4.78, 5) is 18.6. The Hall–Kier alpha value is -4.32. The molecule has 1 saturated heterocycles. The lowest BCUT2D eigenvalue weighted by atomic mass is 10.1. The van der Waals surface area contributed by atoms with Crippen molar-refractivity contribution in [1.82, 2.24) is 15.2 Å². The first-order chi connectivity index (χ1) is 17.3. The molecule has 2 aromatic heterocycles. The van der Waals surface area contributed by atoms with Crippen LogP contribution in [0, 0.1) is 5.41 Å². The second kappa shape index (κ2) is 11.0. The Kier molecular flexibility index (Phi) is 7.54. The minimum Gasteiger partial charge on any atom is -0.378 e. The van der Waals surface area contributed by atoms with Gasteiger partial charge < -0.3 is 25.7 Å². The molecule has 3 aromatic rings. The van der Waals surface area contributed by atoms with E-state index in [4.69, 9.17) is 10.1 Å². The predicted octanol–water partition coefficient (Wildman–Crippen LogP) is 3.89. The Morgan fingerprint density at radius 1 is 1.00 bits per heavy atom. The summed E-state index contributed by atoms with van der Waals surface area (Å²) in [5.74, 6) is -0.561. The molecule has 4 rings (SSSR count). The van der Waals surface area contributed by atoms with Crippen molar-refractivity contribution in [1.29, 1.82) is 5.41 Å². The molecule has 1 aromatic carbocycles. The fourth-order valence-electron chi connectivity index (χ4n) is 3.40. The van der Waals surface area contributed by atoms with Gasteiger partial charge in [-0.2, -0.15) is 13.2 Å². The van der Waals surface area contributed by atoms with Crippen LogP contribution < -0.4 is 15.5 Å². The third-order valence-electron chi connectivity index (χ3n) is 5.22. The Balaban J connectivity index is 1.43. The number of amides is 1. The number of benzene rings is 1. The summed E-state index contributed by atoms with van der Waals surface area (Å²) in [6.45, 7) is 2.67. The monoisotopic (exact) mass is 497 g/mol. The van der Waals surface area contributed by atoms with Crippen LogP contribution in [0.3, 0.4) is 0 Å². The summed E-state index contributed by atoms with van der Waals surface area (Å²) < 4.78 is 45.9. The van der Waals surface area contributed by atoms with Gasteiger partial charge in [0.2, 0.25) is 0 Å². The smallest absolute Gasteiger partial charge is 0.378 e. The van der Waals surface area contributed by atoms with E-state index in [1.165, 1.54) is 36.7 Å². The normalized spacial score (nSPS) is 14.3. The quantitative estimate of drug-likeness (QED) is 0.424. The molecule has 0 saturated carbocycles. The average molecular weight is 497 g/mol.